The Bertz CT molecular complexity index is 1380. The number of nitrogens with one attached hydrogen (secondary N) is 1. The number of sulfonamides is 1. The first-order valence-corrected chi connectivity index (χ1v) is 10.9. The van der Waals surface area contributed by atoms with E-state index in [0.717, 1.165) is 5.56 Å². The van der Waals surface area contributed by atoms with Gasteiger partial charge in [-0.3, -0.25) is 9.71 Å². The molecule has 8 nitrogen and oxygen atoms in total. The Kier molecular flexibility index (Phi) is 5.35. The zero-order valence-corrected chi connectivity index (χ0v) is 17.7. The second-order valence-electron chi connectivity index (χ2n) is 6.90. The summed E-state index contributed by atoms with van der Waals surface area (Å²) in [4.78, 5) is 12.9. The molecule has 0 unspecified atom stereocenters. The van der Waals surface area contributed by atoms with Crippen molar-refractivity contribution >= 4 is 38.5 Å². The van der Waals surface area contributed by atoms with Gasteiger partial charge in [0.2, 0.25) is 11.3 Å². The third-order valence-corrected chi connectivity index (χ3v) is 5.81. The largest absolute Gasteiger partial charge is 0.862 e. The maximum absolute atomic E-state index is 13.0. The number of pyridine rings is 1. The Morgan fingerprint density at radius 2 is 1.58 bits per heavy atom. The van der Waals surface area contributed by atoms with Crippen molar-refractivity contribution in [1.29, 1.82) is 0 Å². The molecule has 2 aromatic carbocycles. The number of benzene rings is 2. The minimum Gasteiger partial charge on any atom is -0.862 e. The Hall–Kier alpha value is -3.85. The fourth-order valence-corrected chi connectivity index (χ4v) is 3.95. The van der Waals surface area contributed by atoms with E-state index in [0.29, 0.717) is 22.5 Å². The molecule has 0 fully saturated rings. The highest BCUT2D eigenvalue weighted by molar-refractivity contribution is 7.92. The van der Waals surface area contributed by atoms with Crippen molar-refractivity contribution in [3.05, 3.63) is 78.6 Å². The van der Waals surface area contributed by atoms with E-state index >= 15 is 0 Å². The zero-order chi connectivity index (χ0) is 22.0. The van der Waals surface area contributed by atoms with Crippen molar-refractivity contribution in [2.75, 3.05) is 4.72 Å². The number of fused-ring (bicyclic) bond motifs is 1. The van der Waals surface area contributed by atoms with E-state index < -0.39 is 10.0 Å². The summed E-state index contributed by atoms with van der Waals surface area (Å²) in [6.45, 7) is 3.29. The third-order valence-electron chi connectivity index (χ3n) is 4.46. The van der Waals surface area contributed by atoms with Crippen LogP contribution in [0, 0.1) is 6.92 Å². The zero-order valence-electron chi connectivity index (χ0n) is 16.9. The molecule has 0 saturated carbocycles. The smallest absolute Gasteiger partial charge is 0.372 e. The third kappa shape index (κ3) is 4.51. The molecular weight excluding hydrogens is 414 g/mol. The molecule has 0 bridgehead atoms. The van der Waals surface area contributed by atoms with Gasteiger partial charge in [0.1, 0.15) is 5.52 Å². The Labute approximate surface area is 179 Å². The van der Waals surface area contributed by atoms with Gasteiger partial charge in [-0.1, -0.05) is 12.1 Å². The predicted octanol–water partition coefficient (Wildman–Crippen LogP) is 2.43. The molecule has 156 valence electrons. The lowest BCUT2D eigenvalue weighted by atomic mass is 10.3. The van der Waals surface area contributed by atoms with Crippen LogP contribution in [0.25, 0.3) is 16.9 Å². The summed E-state index contributed by atoms with van der Waals surface area (Å²) in [5.41, 5.74) is 2.65. The lowest BCUT2D eigenvalue weighted by molar-refractivity contribution is -0.598. The van der Waals surface area contributed by atoms with Gasteiger partial charge in [0.25, 0.3) is 10.0 Å². The minimum absolute atomic E-state index is 0.0183. The topological polar surface area (TPSA) is 111 Å². The number of rotatable bonds is 5. The average Bonchev–Trinajstić information content (AvgIpc) is 2.74. The van der Waals surface area contributed by atoms with Crippen molar-refractivity contribution in [2.45, 2.75) is 18.7 Å². The van der Waals surface area contributed by atoms with Crippen molar-refractivity contribution in [2.24, 2.45) is 4.99 Å². The van der Waals surface area contributed by atoms with E-state index in [2.05, 4.69) is 19.7 Å². The van der Waals surface area contributed by atoms with Crippen molar-refractivity contribution in [1.82, 2.24) is 9.97 Å². The van der Waals surface area contributed by atoms with Crippen LogP contribution in [0.2, 0.25) is 0 Å². The van der Waals surface area contributed by atoms with E-state index in [1.165, 1.54) is 31.2 Å². The molecule has 0 aliphatic heterocycles. The number of aryl methyl sites for hydroxylation is 1. The lowest BCUT2D eigenvalue weighted by Crippen LogP contribution is -2.33. The van der Waals surface area contributed by atoms with Crippen molar-refractivity contribution in [3.63, 3.8) is 0 Å². The van der Waals surface area contributed by atoms with Gasteiger partial charge in [-0.15, -0.1) is 0 Å². The standard InChI is InChI=1S/C22H19N5O3S/c1-15-11-13-27(14-12-15)22-21(24-19-5-3-4-6-20(19)25-22)26-31(29,30)18-9-7-17(8-10-18)23-16(2)28/h3-14H,1-2H3,(H-,23,24,26,28). The molecule has 4 rings (SSSR count). The van der Waals surface area contributed by atoms with Crippen LogP contribution in [-0.4, -0.2) is 24.3 Å². The van der Waals surface area contributed by atoms with Gasteiger partial charge < -0.3 is 5.11 Å². The van der Waals surface area contributed by atoms with E-state index in [9.17, 15) is 13.5 Å². The molecule has 31 heavy (non-hydrogen) atoms. The normalized spacial score (nSPS) is 12.1. The van der Waals surface area contributed by atoms with Gasteiger partial charge >= 0.3 is 5.82 Å². The van der Waals surface area contributed by atoms with E-state index in [4.69, 9.17) is 0 Å². The molecule has 0 aliphatic rings. The summed E-state index contributed by atoms with van der Waals surface area (Å²) >= 11 is 0. The molecule has 1 N–H and O–H groups in total. The van der Waals surface area contributed by atoms with Crippen molar-refractivity contribution < 1.29 is 18.1 Å². The van der Waals surface area contributed by atoms with Gasteiger partial charge in [0, 0.05) is 0 Å². The SMILES string of the molecule is CC([O-])=Nc1ccc(S(=O)(=O)Nc2nc3ccccc3nc2-[n+]2ccc(C)cc2)cc1. The molecule has 0 amide bonds. The van der Waals surface area contributed by atoms with Crippen molar-refractivity contribution in [3.8, 4) is 5.82 Å². The first-order valence-electron chi connectivity index (χ1n) is 9.42. The van der Waals surface area contributed by atoms with Crippen LogP contribution in [-0.2, 0) is 10.0 Å². The summed E-state index contributed by atoms with van der Waals surface area (Å²) in [5.74, 6) is 0.0930. The number of anilines is 1. The quantitative estimate of drug-likeness (QED) is 0.295. The molecule has 2 heterocycles. The maximum Gasteiger partial charge on any atom is 0.372 e. The number of hydrogen-bond acceptors (Lipinski definition) is 6. The van der Waals surface area contributed by atoms with Crippen LogP contribution in [0.1, 0.15) is 12.5 Å². The highest BCUT2D eigenvalue weighted by Crippen LogP contribution is 2.22. The van der Waals surface area contributed by atoms with E-state index in [1.807, 2.05) is 37.3 Å². The van der Waals surface area contributed by atoms with Crippen LogP contribution in [0.4, 0.5) is 11.5 Å². The molecule has 0 saturated heterocycles. The minimum atomic E-state index is -3.96. The lowest BCUT2D eigenvalue weighted by Gasteiger charge is -2.09. The van der Waals surface area contributed by atoms with Gasteiger partial charge in [-0.2, -0.15) is 0 Å². The Morgan fingerprint density at radius 3 is 2.19 bits per heavy atom. The molecule has 0 spiro atoms. The van der Waals surface area contributed by atoms with E-state index in [-0.39, 0.29) is 16.6 Å². The number of para-hydroxylation sites is 2. The summed E-state index contributed by atoms with van der Waals surface area (Å²) < 4.78 is 30.3. The number of nitrogens with zero attached hydrogens (tertiary/aromatic N) is 4. The molecule has 0 aliphatic carbocycles. The first kappa shape index (κ1) is 20.4. The number of aromatic nitrogens is 3. The molecule has 0 atom stereocenters. The molecule has 0 radical (unpaired) electrons. The molecule has 4 aromatic rings. The Balaban J connectivity index is 1.78. The fraction of sp³-hybridized carbons (Fsp3) is 0.0909. The van der Waals surface area contributed by atoms with Gasteiger partial charge in [-0.05, 0) is 78.8 Å². The first-order chi connectivity index (χ1) is 14.8. The van der Waals surface area contributed by atoms with Crippen LogP contribution < -0.4 is 14.4 Å². The van der Waals surface area contributed by atoms with Crippen LogP contribution in [0.15, 0.2) is 82.9 Å². The van der Waals surface area contributed by atoms with Crippen LogP contribution in [0.5, 0.6) is 0 Å². The highest BCUT2D eigenvalue weighted by atomic mass is 32.2. The molecule has 2 aromatic heterocycles. The average molecular weight is 433 g/mol. The summed E-state index contributed by atoms with van der Waals surface area (Å²) in [5, 5.41) is 11.1. The van der Waals surface area contributed by atoms with Crippen LogP contribution in [0.3, 0.4) is 0 Å². The van der Waals surface area contributed by atoms with Gasteiger partial charge in [-0.25, -0.2) is 18.0 Å². The summed E-state index contributed by atoms with van der Waals surface area (Å²) in [6.07, 6.45) is 3.59. The van der Waals surface area contributed by atoms with Gasteiger partial charge in [0.15, 0.2) is 0 Å². The monoisotopic (exact) mass is 433 g/mol. The predicted molar refractivity (Wildman–Crippen MR) is 116 cm³/mol. The second-order valence-corrected chi connectivity index (χ2v) is 8.58. The second kappa shape index (κ2) is 8.11. The summed E-state index contributed by atoms with van der Waals surface area (Å²) in [6, 6.07) is 16.7. The molecular formula is C22H19N5O3S. The molecule has 9 heteroatoms. The number of hydrogen-bond donors (Lipinski definition) is 1. The summed E-state index contributed by atoms with van der Waals surface area (Å²) in [7, 11) is -3.96. The van der Waals surface area contributed by atoms with E-state index in [1.54, 1.807) is 23.0 Å². The Morgan fingerprint density at radius 1 is 0.968 bits per heavy atom. The number of aliphatic imine (C=N–C) groups is 1. The van der Waals surface area contributed by atoms with Gasteiger partial charge in [0.05, 0.1) is 23.0 Å². The fourth-order valence-electron chi connectivity index (χ4n) is 2.95. The maximum atomic E-state index is 13.0. The van der Waals surface area contributed by atoms with Crippen LogP contribution >= 0.6 is 0 Å². The highest BCUT2D eigenvalue weighted by Gasteiger charge is 2.24.